The number of aliphatic hydroxyl groups excluding tert-OH is 1. The van der Waals surface area contributed by atoms with Crippen LogP contribution in [-0.4, -0.2) is 49.3 Å². The van der Waals surface area contributed by atoms with Gasteiger partial charge in [0, 0.05) is 4.75 Å². The smallest absolute Gasteiger partial charge is 0.327 e. The van der Waals surface area contributed by atoms with Gasteiger partial charge in [-0.3, -0.25) is 4.79 Å². The lowest BCUT2D eigenvalue weighted by molar-refractivity contribution is -0.169. The molecular formula is C8H11NO4S. The van der Waals surface area contributed by atoms with Gasteiger partial charge in [0.2, 0.25) is 0 Å². The number of amides is 1. The fourth-order valence-electron chi connectivity index (χ4n) is 1.99. The molecule has 2 heterocycles. The number of carbonyl (C=O) groups is 2. The molecule has 2 rings (SSSR count). The molecule has 2 N–H and O–H groups in total. The molecule has 78 valence electrons. The van der Waals surface area contributed by atoms with Gasteiger partial charge in [-0.05, 0) is 13.8 Å². The largest absolute Gasteiger partial charge is 0.480 e. The zero-order valence-electron chi connectivity index (χ0n) is 7.80. The number of carbonyl (C=O) groups excluding carboxylic acids is 1. The first kappa shape index (κ1) is 9.79. The van der Waals surface area contributed by atoms with Gasteiger partial charge in [-0.1, -0.05) is 0 Å². The summed E-state index contributed by atoms with van der Waals surface area (Å²) in [5, 5.41) is 17.9. The van der Waals surface area contributed by atoms with Crippen LogP contribution in [0.25, 0.3) is 0 Å². The van der Waals surface area contributed by atoms with E-state index >= 15 is 0 Å². The van der Waals surface area contributed by atoms with Crippen LogP contribution in [0.3, 0.4) is 0 Å². The molecule has 0 spiro atoms. The highest BCUT2D eigenvalue weighted by Gasteiger charge is 2.63. The summed E-state index contributed by atoms with van der Waals surface area (Å²) in [4.78, 5) is 23.5. The van der Waals surface area contributed by atoms with Crippen LogP contribution >= 0.6 is 11.8 Å². The maximum atomic E-state index is 11.2. The Balaban J connectivity index is 2.32. The van der Waals surface area contributed by atoms with Gasteiger partial charge in [0.05, 0.1) is 0 Å². The molecular weight excluding hydrogens is 206 g/mol. The molecule has 2 aliphatic rings. The van der Waals surface area contributed by atoms with E-state index in [0.717, 1.165) is 0 Å². The molecule has 3 atom stereocenters. The summed E-state index contributed by atoms with van der Waals surface area (Å²) in [5.41, 5.74) is 0. The van der Waals surface area contributed by atoms with Crippen molar-refractivity contribution in [3.05, 3.63) is 0 Å². The number of β-lactam (4-membered cyclic amide) rings is 1. The Hall–Kier alpha value is -0.750. The Bertz CT molecular complexity index is 316. The SMILES string of the molecule is CC1(C)SC2C(O)C(=O)N2C1C(=O)O. The zero-order valence-corrected chi connectivity index (χ0v) is 8.61. The molecule has 5 nitrogen and oxygen atoms in total. The van der Waals surface area contributed by atoms with E-state index in [1.807, 2.05) is 0 Å². The number of rotatable bonds is 1. The predicted molar refractivity (Wildman–Crippen MR) is 49.7 cm³/mol. The lowest BCUT2D eigenvalue weighted by Gasteiger charge is -2.40. The number of aliphatic carboxylic acids is 1. The summed E-state index contributed by atoms with van der Waals surface area (Å²) >= 11 is 1.34. The van der Waals surface area contributed by atoms with Crippen molar-refractivity contribution < 1.29 is 19.8 Å². The highest BCUT2D eigenvalue weighted by Crippen LogP contribution is 2.50. The standard InChI is InChI=1S/C8H11NO4S/c1-8(2)4(7(12)13)9-5(11)3(10)6(9)14-8/h3-4,6,10H,1-2H3,(H,12,13). The number of aliphatic hydroxyl groups is 1. The van der Waals surface area contributed by atoms with E-state index in [9.17, 15) is 14.7 Å². The normalized spacial score (nSPS) is 39.2. The molecule has 3 unspecified atom stereocenters. The molecule has 14 heavy (non-hydrogen) atoms. The molecule has 0 aromatic rings. The minimum atomic E-state index is -1.02. The van der Waals surface area contributed by atoms with E-state index in [0.29, 0.717) is 0 Å². The number of hydrogen-bond acceptors (Lipinski definition) is 4. The maximum Gasteiger partial charge on any atom is 0.327 e. The van der Waals surface area contributed by atoms with Gasteiger partial charge in [0.1, 0.15) is 11.4 Å². The summed E-state index contributed by atoms with van der Waals surface area (Å²) in [7, 11) is 0. The number of nitrogens with zero attached hydrogens (tertiary/aromatic N) is 1. The Labute approximate surface area is 85.1 Å². The van der Waals surface area contributed by atoms with Crippen LogP contribution < -0.4 is 0 Å². The van der Waals surface area contributed by atoms with Crippen LogP contribution in [0.4, 0.5) is 0 Å². The van der Waals surface area contributed by atoms with Gasteiger partial charge < -0.3 is 15.1 Å². The predicted octanol–water partition coefficient (Wildman–Crippen LogP) is -0.506. The van der Waals surface area contributed by atoms with Crippen molar-refractivity contribution in [1.82, 2.24) is 4.90 Å². The van der Waals surface area contributed by atoms with Gasteiger partial charge in [0.15, 0.2) is 6.10 Å². The number of fused-ring (bicyclic) bond motifs is 1. The van der Waals surface area contributed by atoms with Gasteiger partial charge in [-0.2, -0.15) is 0 Å². The number of carboxylic acid groups (broad SMARTS) is 1. The fourth-order valence-corrected chi connectivity index (χ4v) is 3.54. The van der Waals surface area contributed by atoms with Crippen LogP contribution in [0, 0.1) is 0 Å². The first-order chi connectivity index (χ1) is 6.36. The van der Waals surface area contributed by atoms with Crippen LogP contribution in [0.5, 0.6) is 0 Å². The van der Waals surface area contributed by atoms with E-state index < -0.39 is 28.8 Å². The highest BCUT2D eigenvalue weighted by atomic mass is 32.2. The molecule has 2 fully saturated rings. The van der Waals surface area contributed by atoms with E-state index in [1.165, 1.54) is 16.7 Å². The van der Waals surface area contributed by atoms with Crippen LogP contribution in [0.1, 0.15) is 13.8 Å². The average molecular weight is 217 g/mol. The summed E-state index contributed by atoms with van der Waals surface area (Å²) in [5.74, 6) is -1.48. The van der Waals surface area contributed by atoms with E-state index in [4.69, 9.17) is 5.11 Å². The van der Waals surface area contributed by atoms with Crippen molar-refractivity contribution in [1.29, 1.82) is 0 Å². The second-order valence-electron chi connectivity index (χ2n) is 4.04. The van der Waals surface area contributed by atoms with E-state index in [1.54, 1.807) is 13.8 Å². The van der Waals surface area contributed by atoms with Crippen molar-refractivity contribution >= 4 is 23.6 Å². The van der Waals surface area contributed by atoms with Crippen LogP contribution in [0.15, 0.2) is 0 Å². The van der Waals surface area contributed by atoms with E-state index in [2.05, 4.69) is 0 Å². The molecule has 6 heteroatoms. The molecule has 0 radical (unpaired) electrons. The van der Waals surface area contributed by atoms with Crippen LogP contribution in [0.2, 0.25) is 0 Å². The third-order valence-corrected chi connectivity index (χ3v) is 4.20. The minimum absolute atomic E-state index is 0.376. The van der Waals surface area contributed by atoms with Gasteiger partial charge in [-0.15, -0.1) is 11.8 Å². The Morgan fingerprint density at radius 3 is 2.64 bits per heavy atom. The number of thioether (sulfide) groups is 1. The monoisotopic (exact) mass is 217 g/mol. The molecule has 0 saturated carbocycles. The van der Waals surface area contributed by atoms with Crippen molar-refractivity contribution in [2.24, 2.45) is 0 Å². The summed E-state index contributed by atoms with van der Waals surface area (Å²) in [6.45, 7) is 3.55. The maximum absolute atomic E-state index is 11.2. The topological polar surface area (TPSA) is 77.8 Å². The highest BCUT2D eigenvalue weighted by molar-refractivity contribution is 8.01. The third-order valence-electron chi connectivity index (χ3n) is 2.65. The molecule has 0 aliphatic carbocycles. The molecule has 0 aromatic carbocycles. The van der Waals surface area contributed by atoms with Crippen molar-refractivity contribution in [2.45, 2.75) is 36.1 Å². The minimum Gasteiger partial charge on any atom is -0.480 e. The lowest BCUT2D eigenvalue weighted by Crippen LogP contribution is -2.65. The van der Waals surface area contributed by atoms with Crippen molar-refractivity contribution in [3.63, 3.8) is 0 Å². The molecule has 2 aliphatic heterocycles. The lowest BCUT2D eigenvalue weighted by atomic mass is 9.97. The van der Waals surface area contributed by atoms with Gasteiger partial charge in [-0.25, -0.2) is 4.79 Å². The van der Waals surface area contributed by atoms with Crippen LogP contribution in [-0.2, 0) is 9.59 Å². The average Bonchev–Trinajstić information content (AvgIpc) is 2.34. The summed E-state index contributed by atoms with van der Waals surface area (Å²) in [6, 6.07) is -0.826. The molecule has 1 amide bonds. The van der Waals surface area contributed by atoms with Crippen molar-refractivity contribution in [2.75, 3.05) is 0 Å². The Kier molecular flexibility index (Phi) is 1.84. The summed E-state index contributed by atoms with van der Waals surface area (Å²) in [6.07, 6.45) is -1.02. The number of hydrogen-bond donors (Lipinski definition) is 2. The fraction of sp³-hybridized carbons (Fsp3) is 0.750. The Morgan fingerprint density at radius 2 is 2.14 bits per heavy atom. The first-order valence-corrected chi connectivity index (χ1v) is 5.15. The van der Waals surface area contributed by atoms with Crippen molar-refractivity contribution in [3.8, 4) is 0 Å². The zero-order chi connectivity index (χ0) is 10.7. The summed E-state index contributed by atoms with van der Waals surface area (Å²) < 4.78 is -0.538. The molecule has 0 aromatic heterocycles. The Morgan fingerprint density at radius 1 is 1.57 bits per heavy atom. The number of carboxylic acids is 1. The second kappa shape index (κ2) is 2.64. The third kappa shape index (κ3) is 1.01. The van der Waals surface area contributed by atoms with Gasteiger partial charge >= 0.3 is 5.97 Å². The van der Waals surface area contributed by atoms with Gasteiger partial charge in [0.25, 0.3) is 5.91 Å². The molecule has 0 bridgehead atoms. The second-order valence-corrected chi connectivity index (χ2v) is 5.81. The quantitative estimate of drug-likeness (QED) is 0.579. The first-order valence-electron chi connectivity index (χ1n) is 4.27. The molecule has 2 saturated heterocycles. The van der Waals surface area contributed by atoms with E-state index in [-0.39, 0.29) is 5.37 Å².